The van der Waals surface area contributed by atoms with Gasteiger partial charge >= 0.3 is 4.87 Å². The first-order valence-electron chi connectivity index (χ1n) is 15.2. The Bertz CT molecular complexity index is 1960. The van der Waals surface area contributed by atoms with Crippen LogP contribution in [0.15, 0.2) is 59.4 Å². The average molecular weight is 648 g/mol. The van der Waals surface area contributed by atoms with Crippen LogP contribution in [0.25, 0.3) is 21.6 Å². The Morgan fingerprint density at radius 1 is 1.11 bits per heavy atom. The van der Waals surface area contributed by atoms with Crippen LogP contribution in [0.3, 0.4) is 0 Å². The van der Waals surface area contributed by atoms with Crippen molar-refractivity contribution in [1.29, 1.82) is 0 Å². The van der Waals surface area contributed by atoms with Gasteiger partial charge in [-0.15, -0.1) is 0 Å². The third-order valence-electron chi connectivity index (χ3n) is 9.12. The van der Waals surface area contributed by atoms with E-state index in [0.29, 0.717) is 27.1 Å². The number of fused-ring (bicyclic) bond motifs is 2. The lowest BCUT2D eigenvalue weighted by Crippen LogP contribution is -2.35. The molecule has 12 heteroatoms. The van der Waals surface area contributed by atoms with Crippen molar-refractivity contribution in [3.8, 4) is 22.1 Å². The van der Waals surface area contributed by atoms with E-state index < -0.39 is 11.6 Å². The van der Waals surface area contributed by atoms with Gasteiger partial charge in [-0.3, -0.25) is 9.69 Å². The van der Waals surface area contributed by atoms with Crippen molar-refractivity contribution in [2.75, 3.05) is 19.7 Å². The van der Waals surface area contributed by atoms with Crippen LogP contribution in [-0.4, -0.2) is 50.4 Å². The largest absolute Gasteiger partial charge is 0.444 e. The maximum absolute atomic E-state index is 14.9. The topological polar surface area (TPSA) is 94.5 Å². The second-order valence-electron chi connectivity index (χ2n) is 12.0. The van der Waals surface area contributed by atoms with Crippen molar-refractivity contribution < 1.29 is 18.6 Å². The number of ether oxygens (including phenoxy) is 3. The molecule has 2 aromatic heterocycles. The number of imidazole rings is 1. The minimum atomic E-state index is -1.27. The molecule has 0 spiro atoms. The average Bonchev–Trinajstić information content (AvgIpc) is 3.69. The van der Waals surface area contributed by atoms with Gasteiger partial charge in [-0.25, -0.2) is 14.5 Å². The van der Waals surface area contributed by atoms with Crippen LogP contribution in [0.4, 0.5) is 4.39 Å². The van der Waals surface area contributed by atoms with Crippen LogP contribution in [0.5, 0.6) is 11.5 Å². The van der Waals surface area contributed by atoms with E-state index in [1.165, 1.54) is 6.07 Å². The number of likely N-dealkylation sites (tertiary alicyclic amines) is 1. The predicted octanol–water partition coefficient (Wildman–Crippen LogP) is 6.45. The third kappa shape index (κ3) is 5.31. The summed E-state index contributed by atoms with van der Waals surface area (Å²) < 4.78 is 35.5. The number of aromatic amines is 1. The monoisotopic (exact) mass is 647 g/mol. The fraction of sp³-hybridized carbons (Fsp3) is 0.364. The lowest BCUT2D eigenvalue weighted by Gasteiger charge is -2.33. The summed E-state index contributed by atoms with van der Waals surface area (Å²) in [5.41, 5.74) is 4.22. The Hall–Kier alpha value is -3.77. The van der Waals surface area contributed by atoms with Crippen LogP contribution >= 0.6 is 22.9 Å². The molecule has 2 unspecified atom stereocenters. The zero-order valence-corrected chi connectivity index (χ0v) is 26.2. The molecule has 3 aliphatic rings. The molecule has 3 aromatic carbocycles. The highest BCUT2D eigenvalue weighted by Gasteiger charge is 2.43. The zero-order valence-electron chi connectivity index (χ0n) is 24.6. The van der Waals surface area contributed by atoms with Gasteiger partial charge < -0.3 is 18.8 Å². The number of para-hydroxylation sites is 1. The van der Waals surface area contributed by atoms with E-state index in [4.69, 9.17) is 30.8 Å². The maximum Gasteiger partial charge on any atom is 0.322 e. The number of benzene rings is 3. The number of hydrogen-bond acceptors (Lipinski definition) is 8. The van der Waals surface area contributed by atoms with Gasteiger partial charge in [0, 0.05) is 29.7 Å². The molecular weight excluding hydrogens is 617 g/mol. The summed E-state index contributed by atoms with van der Waals surface area (Å²) in [6.07, 6.45) is 3.12. The number of nitrogens with one attached hydrogen (secondary N) is 1. The fourth-order valence-electron chi connectivity index (χ4n) is 6.66. The molecule has 0 saturated carbocycles. The first-order chi connectivity index (χ1) is 21.8. The van der Waals surface area contributed by atoms with Crippen LogP contribution in [0.1, 0.15) is 49.1 Å². The van der Waals surface area contributed by atoms with Gasteiger partial charge in [0.1, 0.15) is 16.6 Å². The van der Waals surface area contributed by atoms with Crippen molar-refractivity contribution in [3.05, 3.63) is 92.1 Å². The summed E-state index contributed by atoms with van der Waals surface area (Å²) in [5.74, 6) is 0.865. The predicted molar refractivity (Wildman–Crippen MR) is 170 cm³/mol. The molecule has 1 N–H and O–H groups in total. The molecule has 5 heterocycles. The molecule has 2 saturated heterocycles. The van der Waals surface area contributed by atoms with E-state index in [9.17, 15) is 9.18 Å². The smallest absolute Gasteiger partial charge is 0.322 e. The Morgan fingerprint density at radius 3 is 2.69 bits per heavy atom. The molecule has 0 amide bonds. The van der Waals surface area contributed by atoms with Crippen LogP contribution in [0, 0.1) is 5.82 Å². The minimum absolute atomic E-state index is 0.175. The molecule has 0 bridgehead atoms. The Kier molecular flexibility index (Phi) is 7.16. The summed E-state index contributed by atoms with van der Waals surface area (Å²) >= 11 is 7.08. The molecule has 3 aliphatic heterocycles. The maximum atomic E-state index is 14.9. The number of H-pyrrole nitrogens is 1. The van der Waals surface area contributed by atoms with E-state index in [2.05, 4.69) is 31.8 Å². The van der Waals surface area contributed by atoms with Gasteiger partial charge in [-0.05, 0) is 80.7 Å². The van der Waals surface area contributed by atoms with Gasteiger partial charge in [0.05, 0.1) is 35.8 Å². The summed E-state index contributed by atoms with van der Waals surface area (Å²) in [7, 11) is 0. The number of aromatic nitrogens is 4. The highest BCUT2D eigenvalue weighted by Crippen LogP contribution is 2.50. The van der Waals surface area contributed by atoms with E-state index in [1.54, 1.807) is 19.1 Å². The summed E-state index contributed by atoms with van der Waals surface area (Å²) in [6.45, 7) is 5.82. The van der Waals surface area contributed by atoms with E-state index in [0.717, 1.165) is 91.4 Å². The minimum Gasteiger partial charge on any atom is -0.444 e. The van der Waals surface area contributed by atoms with Crippen LogP contribution in [0.2, 0.25) is 5.02 Å². The van der Waals surface area contributed by atoms with Crippen molar-refractivity contribution in [3.63, 3.8) is 0 Å². The lowest BCUT2D eigenvalue weighted by atomic mass is 9.88. The van der Waals surface area contributed by atoms with Gasteiger partial charge in [0.15, 0.2) is 11.5 Å². The normalized spacial score (nSPS) is 21.8. The molecule has 2 atom stereocenters. The summed E-state index contributed by atoms with van der Waals surface area (Å²) in [5, 5.41) is 7.63. The van der Waals surface area contributed by atoms with Crippen molar-refractivity contribution in [2.24, 2.45) is 0 Å². The van der Waals surface area contributed by atoms with Gasteiger partial charge in [-0.1, -0.05) is 35.1 Å². The van der Waals surface area contributed by atoms with Crippen molar-refractivity contribution in [1.82, 2.24) is 24.6 Å². The molecule has 232 valence electrons. The first kappa shape index (κ1) is 28.7. The lowest BCUT2D eigenvalue weighted by molar-refractivity contribution is -0.0712. The van der Waals surface area contributed by atoms with Gasteiger partial charge in [0.2, 0.25) is 0 Å². The number of piperidine rings is 1. The Labute approximate surface area is 267 Å². The van der Waals surface area contributed by atoms with Crippen molar-refractivity contribution >= 4 is 34.0 Å². The number of nitrogens with zero attached hydrogens (tertiary/aromatic N) is 4. The molecule has 2 fully saturated rings. The molecule has 0 aliphatic carbocycles. The quantitative estimate of drug-likeness (QED) is 0.217. The number of rotatable bonds is 7. The summed E-state index contributed by atoms with van der Waals surface area (Å²) in [4.78, 5) is 19.0. The molecule has 45 heavy (non-hydrogen) atoms. The molecule has 0 radical (unpaired) electrons. The molecule has 5 aromatic rings. The van der Waals surface area contributed by atoms with E-state index in [-0.39, 0.29) is 16.9 Å². The van der Waals surface area contributed by atoms with Crippen LogP contribution in [-0.2, 0) is 23.6 Å². The summed E-state index contributed by atoms with van der Waals surface area (Å²) in [6, 6.07) is 16.6. The molecular formula is C33H31ClFN5O4S. The first-order valence-corrected chi connectivity index (χ1v) is 16.4. The van der Waals surface area contributed by atoms with Gasteiger partial charge in [0.25, 0.3) is 5.79 Å². The molecule has 9 nitrogen and oxygen atoms in total. The molecule has 8 rings (SSSR count). The highest BCUT2D eigenvalue weighted by molar-refractivity contribution is 7.12. The number of hydrogen-bond donors (Lipinski definition) is 1. The second-order valence-corrected chi connectivity index (χ2v) is 13.4. The number of halogens is 2. The Balaban J connectivity index is 1.00. The zero-order chi connectivity index (χ0) is 30.7. The SMILES string of the molecule is CC1(c2ccc(Cl)cc2F)Oc2cccc(C3CCN(Cc4nc5cc(-c6n[nH]c(=O)s6)ccc5n4CC4CCO4)CC3)c2O1. The fourth-order valence-corrected chi connectivity index (χ4v) is 7.42. The van der Waals surface area contributed by atoms with Gasteiger partial charge in [-0.2, -0.15) is 5.10 Å². The standard InChI is InChI=1S/C33H31ClFN5O4S/c1-33(24-7-6-21(34)16-25(24)35)43-28-4-2-3-23(30(28)44-33)19-9-12-39(13-10-19)18-29-36-26-15-20(31-37-38-32(41)45-31)5-8-27(26)40(29)17-22-11-14-42-22/h2-8,15-16,19,22H,9-14,17-18H2,1H3,(H,38,41). The Morgan fingerprint density at radius 2 is 1.96 bits per heavy atom. The third-order valence-corrected chi connectivity index (χ3v) is 10.1. The second kappa shape index (κ2) is 11.2. The van der Waals surface area contributed by atoms with Crippen LogP contribution < -0.4 is 14.3 Å². The van der Waals surface area contributed by atoms with E-state index in [1.807, 2.05) is 24.3 Å². The van der Waals surface area contributed by atoms with E-state index >= 15 is 0 Å². The highest BCUT2D eigenvalue weighted by atomic mass is 35.5. The van der Waals surface area contributed by atoms with Crippen molar-refractivity contribution in [2.45, 2.75) is 57.1 Å².